The van der Waals surface area contributed by atoms with Crippen molar-refractivity contribution in [2.75, 3.05) is 26.4 Å². The van der Waals surface area contributed by atoms with Crippen LogP contribution in [0.25, 0.3) is 6.08 Å². The molecule has 0 bridgehead atoms. The summed E-state index contributed by atoms with van der Waals surface area (Å²) in [6, 6.07) is 5.81. The summed E-state index contributed by atoms with van der Waals surface area (Å²) < 4.78 is 10.6. The molecular weight excluding hydrogens is 254 g/mol. The molecule has 1 atom stereocenters. The standard InChI is InChI=1S/C16H21NO3/c18-14(11-17-8-2-1-3-9-17)6-4-13-5-7-15-16(10-13)20-12-19-15/h4-7,10,14,18H,1-3,8-9,11-12H2/b6-4+. The van der Waals surface area contributed by atoms with Crippen LogP contribution in [0.15, 0.2) is 24.3 Å². The number of ether oxygens (including phenoxy) is 2. The first-order valence-corrected chi connectivity index (χ1v) is 7.29. The summed E-state index contributed by atoms with van der Waals surface area (Å²) in [5.41, 5.74) is 1.02. The number of aliphatic hydroxyl groups is 1. The largest absolute Gasteiger partial charge is 0.454 e. The quantitative estimate of drug-likeness (QED) is 0.915. The van der Waals surface area contributed by atoms with Gasteiger partial charge in [-0.3, -0.25) is 0 Å². The minimum atomic E-state index is -0.418. The molecule has 1 aromatic rings. The lowest BCUT2D eigenvalue weighted by Gasteiger charge is -2.27. The van der Waals surface area contributed by atoms with E-state index in [4.69, 9.17) is 9.47 Å². The highest BCUT2D eigenvalue weighted by molar-refractivity contribution is 5.56. The second kappa shape index (κ2) is 6.29. The van der Waals surface area contributed by atoms with Crippen LogP contribution in [0.5, 0.6) is 11.5 Å². The third-order valence-electron chi connectivity index (χ3n) is 3.80. The zero-order chi connectivity index (χ0) is 13.8. The molecule has 0 aromatic heterocycles. The number of β-amino-alcohol motifs (C(OH)–C–C–N with tert-alkyl or cyclic N) is 1. The molecule has 108 valence electrons. The van der Waals surface area contributed by atoms with Crippen LogP contribution >= 0.6 is 0 Å². The molecule has 3 rings (SSSR count). The highest BCUT2D eigenvalue weighted by Crippen LogP contribution is 2.32. The Morgan fingerprint density at radius 3 is 2.80 bits per heavy atom. The molecule has 0 radical (unpaired) electrons. The fraction of sp³-hybridized carbons (Fsp3) is 0.500. The second-order valence-electron chi connectivity index (χ2n) is 5.40. The van der Waals surface area contributed by atoms with Gasteiger partial charge in [0.2, 0.25) is 6.79 Å². The van der Waals surface area contributed by atoms with Crippen molar-refractivity contribution >= 4 is 6.08 Å². The Morgan fingerprint density at radius 2 is 1.95 bits per heavy atom. The summed E-state index contributed by atoms with van der Waals surface area (Å²) in [7, 11) is 0. The van der Waals surface area contributed by atoms with Gasteiger partial charge in [0.25, 0.3) is 0 Å². The molecule has 0 saturated carbocycles. The number of nitrogens with zero attached hydrogens (tertiary/aromatic N) is 1. The van der Waals surface area contributed by atoms with Crippen LogP contribution < -0.4 is 9.47 Å². The van der Waals surface area contributed by atoms with Crippen LogP contribution in [-0.4, -0.2) is 42.5 Å². The maximum atomic E-state index is 10.1. The van der Waals surface area contributed by atoms with Crippen molar-refractivity contribution in [3.8, 4) is 11.5 Å². The minimum absolute atomic E-state index is 0.292. The predicted molar refractivity (Wildman–Crippen MR) is 77.9 cm³/mol. The molecule has 1 aromatic carbocycles. The van der Waals surface area contributed by atoms with E-state index < -0.39 is 6.10 Å². The number of rotatable bonds is 4. The molecular formula is C16H21NO3. The van der Waals surface area contributed by atoms with Gasteiger partial charge in [0, 0.05) is 6.54 Å². The lowest BCUT2D eigenvalue weighted by atomic mass is 10.1. The first-order chi connectivity index (χ1) is 9.81. The Labute approximate surface area is 119 Å². The van der Waals surface area contributed by atoms with Crippen LogP contribution in [0.3, 0.4) is 0 Å². The molecule has 0 aliphatic carbocycles. The molecule has 0 spiro atoms. The van der Waals surface area contributed by atoms with E-state index >= 15 is 0 Å². The zero-order valence-electron chi connectivity index (χ0n) is 11.6. The Hall–Kier alpha value is -1.52. The highest BCUT2D eigenvalue weighted by Gasteiger charge is 2.14. The van der Waals surface area contributed by atoms with Crippen molar-refractivity contribution in [2.45, 2.75) is 25.4 Å². The topological polar surface area (TPSA) is 41.9 Å². The van der Waals surface area contributed by atoms with E-state index in [-0.39, 0.29) is 0 Å². The normalized spacial score (nSPS) is 20.4. The van der Waals surface area contributed by atoms with Gasteiger partial charge in [0.05, 0.1) is 6.10 Å². The number of hydrogen-bond donors (Lipinski definition) is 1. The first-order valence-electron chi connectivity index (χ1n) is 7.29. The summed E-state index contributed by atoms with van der Waals surface area (Å²) in [5, 5.41) is 10.1. The number of aliphatic hydroxyl groups excluding tert-OH is 1. The number of likely N-dealkylation sites (tertiary alicyclic amines) is 1. The van der Waals surface area contributed by atoms with Crippen LogP contribution in [0.2, 0.25) is 0 Å². The molecule has 0 amide bonds. The number of piperidine rings is 1. The molecule has 1 saturated heterocycles. The molecule has 2 aliphatic rings. The van der Waals surface area contributed by atoms with Gasteiger partial charge in [-0.1, -0.05) is 24.6 Å². The Bertz CT molecular complexity index is 481. The second-order valence-corrected chi connectivity index (χ2v) is 5.40. The van der Waals surface area contributed by atoms with Gasteiger partial charge in [0.15, 0.2) is 11.5 Å². The van der Waals surface area contributed by atoms with E-state index in [1.807, 2.05) is 30.4 Å². The van der Waals surface area contributed by atoms with E-state index in [0.717, 1.165) is 36.7 Å². The summed E-state index contributed by atoms with van der Waals surface area (Å²) >= 11 is 0. The van der Waals surface area contributed by atoms with Crippen molar-refractivity contribution in [3.05, 3.63) is 29.8 Å². The molecule has 2 heterocycles. The Kier molecular flexibility index (Phi) is 4.23. The summed E-state index contributed by atoms with van der Waals surface area (Å²) in [5.74, 6) is 1.56. The first kappa shape index (κ1) is 13.5. The third kappa shape index (κ3) is 3.32. The monoisotopic (exact) mass is 275 g/mol. The summed E-state index contributed by atoms with van der Waals surface area (Å²) in [4.78, 5) is 2.33. The van der Waals surface area contributed by atoms with Gasteiger partial charge in [0.1, 0.15) is 0 Å². The predicted octanol–water partition coefficient (Wildman–Crippen LogP) is 2.28. The van der Waals surface area contributed by atoms with Gasteiger partial charge < -0.3 is 19.5 Å². The zero-order valence-corrected chi connectivity index (χ0v) is 11.6. The van der Waals surface area contributed by atoms with E-state index in [9.17, 15) is 5.11 Å². The fourth-order valence-electron chi connectivity index (χ4n) is 2.71. The van der Waals surface area contributed by atoms with E-state index in [1.54, 1.807) is 0 Å². The smallest absolute Gasteiger partial charge is 0.231 e. The molecule has 1 N–H and O–H groups in total. The van der Waals surface area contributed by atoms with Gasteiger partial charge in [-0.25, -0.2) is 0 Å². The molecule has 4 nitrogen and oxygen atoms in total. The van der Waals surface area contributed by atoms with Crippen LogP contribution in [-0.2, 0) is 0 Å². The maximum Gasteiger partial charge on any atom is 0.231 e. The molecule has 1 fully saturated rings. The molecule has 1 unspecified atom stereocenters. The van der Waals surface area contributed by atoms with Crippen molar-refractivity contribution in [1.82, 2.24) is 4.90 Å². The lowest BCUT2D eigenvalue weighted by molar-refractivity contribution is 0.132. The van der Waals surface area contributed by atoms with E-state index in [2.05, 4.69) is 4.90 Å². The maximum absolute atomic E-state index is 10.1. The molecule has 2 aliphatic heterocycles. The molecule has 4 heteroatoms. The fourth-order valence-corrected chi connectivity index (χ4v) is 2.71. The van der Waals surface area contributed by atoms with Crippen LogP contribution in [0.4, 0.5) is 0 Å². The average molecular weight is 275 g/mol. The van der Waals surface area contributed by atoms with Crippen molar-refractivity contribution in [3.63, 3.8) is 0 Å². The number of fused-ring (bicyclic) bond motifs is 1. The van der Waals surface area contributed by atoms with Crippen molar-refractivity contribution in [1.29, 1.82) is 0 Å². The van der Waals surface area contributed by atoms with Crippen molar-refractivity contribution in [2.24, 2.45) is 0 Å². The lowest BCUT2D eigenvalue weighted by Crippen LogP contribution is -2.35. The van der Waals surface area contributed by atoms with Gasteiger partial charge in [-0.05, 0) is 43.6 Å². The van der Waals surface area contributed by atoms with Crippen molar-refractivity contribution < 1.29 is 14.6 Å². The van der Waals surface area contributed by atoms with E-state index in [1.165, 1.54) is 19.3 Å². The van der Waals surface area contributed by atoms with Gasteiger partial charge in [-0.2, -0.15) is 0 Å². The van der Waals surface area contributed by atoms with Gasteiger partial charge in [-0.15, -0.1) is 0 Å². The third-order valence-corrected chi connectivity index (χ3v) is 3.80. The SMILES string of the molecule is OC(/C=C/c1ccc2c(c1)OCO2)CN1CCCCC1. The molecule has 20 heavy (non-hydrogen) atoms. The van der Waals surface area contributed by atoms with Crippen LogP contribution in [0, 0.1) is 0 Å². The number of hydrogen-bond acceptors (Lipinski definition) is 4. The average Bonchev–Trinajstić information content (AvgIpc) is 2.93. The summed E-state index contributed by atoms with van der Waals surface area (Å²) in [6.07, 6.45) is 7.19. The summed E-state index contributed by atoms with van der Waals surface area (Å²) in [6.45, 7) is 3.23. The Balaban J connectivity index is 1.56. The van der Waals surface area contributed by atoms with Crippen LogP contribution in [0.1, 0.15) is 24.8 Å². The minimum Gasteiger partial charge on any atom is -0.454 e. The Morgan fingerprint density at radius 1 is 1.15 bits per heavy atom. The number of benzene rings is 1. The highest BCUT2D eigenvalue weighted by atomic mass is 16.7. The van der Waals surface area contributed by atoms with E-state index in [0.29, 0.717) is 6.79 Å². The van der Waals surface area contributed by atoms with Gasteiger partial charge >= 0.3 is 0 Å².